The molecule has 2 heterocycles. The molecule has 1 aromatic heterocycles. The van der Waals surface area contributed by atoms with E-state index >= 15 is 0 Å². The summed E-state index contributed by atoms with van der Waals surface area (Å²) in [5, 5.41) is 3.90. The minimum absolute atomic E-state index is 0.679. The Hall–Kier alpha value is -0.870. The molecular formula is C19H28BrN3. The number of halogens is 1. The summed E-state index contributed by atoms with van der Waals surface area (Å²) >= 11 is 3.52. The summed E-state index contributed by atoms with van der Waals surface area (Å²) in [7, 11) is 0. The molecule has 0 aromatic carbocycles. The number of allylic oxidation sites excluding steroid dienone is 1. The molecule has 0 amide bonds. The number of aromatic nitrogens is 1. The molecule has 0 unspecified atom stereocenters. The molecule has 3 rings (SSSR count). The first kappa shape index (κ1) is 17.0. The van der Waals surface area contributed by atoms with E-state index in [1.165, 1.54) is 44.9 Å². The number of nitrogens with one attached hydrogen (secondary N) is 1. The zero-order chi connectivity index (χ0) is 16.2. The van der Waals surface area contributed by atoms with Crippen LogP contribution >= 0.6 is 15.9 Å². The lowest BCUT2D eigenvalue weighted by Crippen LogP contribution is -2.47. The fourth-order valence-corrected chi connectivity index (χ4v) is 4.19. The Morgan fingerprint density at radius 3 is 2.48 bits per heavy atom. The standard InChI is InChI=1S/C19H28BrN3/c1-14(2)18-12-15(20)13-21-19(18)23-10-8-17(9-11-23)22-16-6-4-3-5-7-16/h12-13,16-17,22H,1,3-11H2,2H3. The van der Waals surface area contributed by atoms with Crippen LogP contribution in [0.4, 0.5) is 5.82 Å². The van der Waals surface area contributed by atoms with E-state index in [1.807, 2.05) is 6.20 Å². The van der Waals surface area contributed by atoms with Crippen molar-refractivity contribution in [1.29, 1.82) is 0 Å². The van der Waals surface area contributed by atoms with Crippen molar-refractivity contribution in [3.63, 3.8) is 0 Å². The zero-order valence-electron chi connectivity index (χ0n) is 14.2. The molecule has 0 bridgehead atoms. The monoisotopic (exact) mass is 377 g/mol. The Bertz CT molecular complexity index is 544. The van der Waals surface area contributed by atoms with Crippen LogP contribution in [0.2, 0.25) is 0 Å². The molecule has 1 saturated carbocycles. The van der Waals surface area contributed by atoms with Crippen LogP contribution < -0.4 is 10.2 Å². The SMILES string of the molecule is C=C(C)c1cc(Br)cnc1N1CCC(NC2CCCCC2)CC1. The molecule has 126 valence electrons. The Kier molecular flexibility index (Phi) is 5.76. The van der Waals surface area contributed by atoms with Crippen molar-refractivity contribution in [1.82, 2.24) is 10.3 Å². The van der Waals surface area contributed by atoms with Crippen LogP contribution in [0, 0.1) is 0 Å². The number of piperidine rings is 1. The van der Waals surface area contributed by atoms with Gasteiger partial charge < -0.3 is 10.2 Å². The molecular weight excluding hydrogens is 350 g/mol. The van der Waals surface area contributed by atoms with Crippen molar-refractivity contribution in [2.75, 3.05) is 18.0 Å². The van der Waals surface area contributed by atoms with E-state index in [4.69, 9.17) is 0 Å². The minimum Gasteiger partial charge on any atom is -0.356 e. The van der Waals surface area contributed by atoms with E-state index in [0.717, 1.165) is 40.6 Å². The quantitative estimate of drug-likeness (QED) is 0.818. The van der Waals surface area contributed by atoms with Gasteiger partial charge >= 0.3 is 0 Å². The summed E-state index contributed by atoms with van der Waals surface area (Å²) in [5.74, 6) is 1.09. The molecule has 1 aliphatic heterocycles. The van der Waals surface area contributed by atoms with Gasteiger partial charge in [-0.15, -0.1) is 0 Å². The maximum Gasteiger partial charge on any atom is 0.136 e. The molecule has 0 atom stereocenters. The third-order valence-electron chi connectivity index (χ3n) is 5.16. The first-order chi connectivity index (χ1) is 11.1. The van der Waals surface area contributed by atoms with Crippen LogP contribution in [0.15, 0.2) is 23.3 Å². The third kappa shape index (κ3) is 4.36. The normalized spacial score (nSPS) is 20.7. The van der Waals surface area contributed by atoms with E-state index in [2.05, 4.69) is 50.7 Å². The van der Waals surface area contributed by atoms with Crippen LogP contribution in [0.5, 0.6) is 0 Å². The fraction of sp³-hybridized carbons (Fsp3) is 0.632. The van der Waals surface area contributed by atoms with Crippen LogP contribution in [0.1, 0.15) is 57.4 Å². The molecule has 2 fully saturated rings. The topological polar surface area (TPSA) is 28.2 Å². The second kappa shape index (κ2) is 7.80. The van der Waals surface area contributed by atoms with E-state index in [0.29, 0.717) is 6.04 Å². The molecule has 1 saturated heterocycles. The van der Waals surface area contributed by atoms with Crippen LogP contribution in [0.3, 0.4) is 0 Å². The van der Waals surface area contributed by atoms with Gasteiger partial charge in [0, 0.05) is 41.4 Å². The van der Waals surface area contributed by atoms with Crippen molar-refractivity contribution in [3.05, 3.63) is 28.9 Å². The molecule has 3 nitrogen and oxygen atoms in total. The number of rotatable bonds is 4. The summed E-state index contributed by atoms with van der Waals surface area (Å²) in [4.78, 5) is 7.09. The van der Waals surface area contributed by atoms with Crippen molar-refractivity contribution >= 4 is 27.3 Å². The van der Waals surface area contributed by atoms with E-state index < -0.39 is 0 Å². The van der Waals surface area contributed by atoms with Crippen LogP contribution in [-0.4, -0.2) is 30.2 Å². The van der Waals surface area contributed by atoms with Gasteiger partial charge in [0.2, 0.25) is 0 Å². The third-order valence-corrected chi connectivity index (χ3v) is 5.60. The lowest BCUT2D eigenvalue weighted by atomic mass is 9.93. The molecule has 2 aliphatic rings. The molecule has 0 spiro atoms. The van der Waals surface area contributed by atoms with Gasteiger partial charge in [0.25, 0.3) is 0 Å². The van der Waals surface area contributed by atoms with Gasteiger partial charge in [-0.2, -0.15) is 0 Å². The highest BCUT2D eigenvalue weighted by molar-refractivity contribution is 9.10. The van der Waals surface area contributed by atoms with E-state index in [-0.39, 0.29) is 0 Å². The van der Waals surface area contributed by atoms with Gasteiger partial charge in [-0.05, 0) is 60.2 Å². The van der Waals surface area contributed by atoms with Crippen molar-refractivity contribution < 1.29 is 0 Å². The average Bonchev–Trinajstić information content (AvgIpc) is 2.56. The van der Waals surface area contributed by atoms with Crippen LogP contribution in [-0.2, 0) is 0 Å². The zero-order valence-corrected chi connectivity index (χ0v) is 15.7. The first-order valence-corrected chi connectivity index (χ1v) is 9.75. The van der Waals surface area contributed by atoms with Gasteiger partial charge in [-0.25, -0.2) is 4.98 Å². The molecule has 1 aromatic rings. The molecule has 1 N–H and O–H groups in total. The number of hydrogen-bond acceptors (Lipinski definition) is 3. The minimum atomic E-state index is 0.679. The average molecular weight is 378 g/mol. The summed E-state index contributed by atoms with van der Waals surface area (Å²) in [6.45, 7) is 8.34. The first-order valence-electron chi connectivity index (χ1n) is 8.96. The summed E-state index contributed by atoms with van der Waals surface area (Å²) in [6.07, 6.45) is 11.3. The second-order valence-electron chi connectivity index (χ2n) is 7.07. The Morgan fingerprint density at radius 1 is 1.17 bits per heavy atom. The number of hydrogen-bond donors (Lipinski definition) is 1. The number of pyridine rings is 1. The molecule has 4 heteroatoms. The van der Waals surface area contributed by atoms with Gasteiger partial charge in [0.15, 0.2) is 0 Å². The fourth-order valence-electron chi connectivity index (χ4n) is 3.86. The summed E-state index contributed by atoms with van der Waals surface area (Å²) in [6, 6.07) is 3.58. The highest BCUT2D eigenvalue weighted by Crippen LogP contribution is 2.29. The largest absolute Gasteiger partial charge is 0.356 e. The lowest BCUT2D eigenvalue weighted by molar-refractivity contribution is 0.307. The molecule has 23 heavy (non-hydrogen) atoms. The van der Waals surface area contributed by atoms with Gasteiger partial charge in [0.1, 0.15) is 5.82 Å². The maximum absolute atomic E-state index is 4.66. The van der Waals surface area contributed by atoms with Gasteiger partial charge in [0.05, 0.1) is 0 Å². The highest BCUT2D eigenvalue weighted by Gasteiger charge is 2.24. The Labute approximate surface area is 148 Å². The van der Waals surface area contributed by atoms with Crippen molar-refractivity contribution in [2.45, 2.75) is 64.0 Å². The van der Waals surface area contributed by atoms with Crippen molar-refractivity contribution in [3.8, 4) is 0 Å². The predicted octanol–water partition coefficient (Wildman–Crippen LogP) is 4.77. The number of anilines is 1. The smallest absolute Gasteiger partial charge is 0.136 e. The summed E-state index contributed by atoms with van der Waals surface area (Å²) < 4.78 is 1.02. The number of nitrogens with zero attached hydrogens (tertiary/aromatic N) is 2. The molecule has 1 aliphatic carbocycles. The van der Waals surface area contributed by atoms with Gasteiger partial charge in [-0.3, -0.25) is 0 Å². The van der Waals surface area contributed by atoms with E-state index in [9.17, 15) is 0 Å². The van der Waals surface area contributed by atoms with Gasteiger partial charge in [-0.1, -0.05) is 25.8 Å². The summed E-state index contributed by atoms with van der Waals surface area (Å²) in [5.41, 5.74) is 2.24. The van der Waals surface area contributed by atoms with Crippen molar-refractivity contribution in [2.24, 2.45) is 0 Å². The van der Waals surface area contributed by atoms with E-state index in [1.54, 1.807) is 0 Å². The highest BCUT2D eigenvalue weighted by atomic mass is 79.9. The lowest BCUT2D eigenvalue weighted by Gasteiger charge is -2.36. The maximum atomic E-state index is 4.66. The molecule has 0 radical (unpaired) electrons. The second-order valence-corrected chi connectivity index (χ2v) is 7.98. The Balaban J connectivity index is 1.59. The predicted molar refractivity (Wildman–Crippen MR) is 102 cm³/mol. The van der Waals surface area contributed by atoms with Crippen LogP contribution in [0.25, 0.3) is 5.57 Å². The Morgan fingerprint density at radius 2 is 1.83 bits per heavy atom.